The van der Waals surface area contributed by atoms with Gasteiger partial charge in [0.15, 0.2) is 0 Å². The maximum atomic E-state index is 4.85. The molecule has 1 heteroatoms. The van der Waals surface area contributed by atoms with Crippen molar-refractivity contribution in [3.8, 4) is 22.4 Å². The Morgan fingerprint density at radius 3 is 2.29 bits per heavy atom. The minimum Gasteiger partial charge on any atom is -0.256 e. The Labute approximate surface area is 186 Å². The van der Waals surface area contributed by atoms with Gasteiger partial charge < -0.3 is 0 Å². The van der Waals surface area contributed by atoms with Crippen LogP contribution in [0, 0.1) is 0 Å². The molecule has 1 aromatic heterocycles. The van der Waals surface area contributed by atoms with Gasteiger partial charge >= 0.3 is 0 Å². The number of benzene rings is 3. The summed E-state index contributed by atoms with van der Waals surface area (Å²) in [5.74, 6) is 1.19. The van der Waals surface area contributed by atoms with Crippen molar-refractivity contribution in [1.29, 1.82) is 0 Å². The number of hydrogen-bond donors (Lipinski definition) is 0. The van der Waals surface area contributed by atoms with Gasteiger partial charge in [0.05, 0.1) is 5.69 Å². The van der Waals surface area contributed by atoms with E-state index in [0.29, 0.717) is 5.92 Å². The van der Waals surface area contributed by atoms with Gasteiger partial charge in [0.1, 0.15) is 0 Å². The molecule has 0 saturated heterocycles. The second kappa shape index (κ2) is 8.67. The third kappa shape index (κ3) is 4.14. The fourth-order valence-electron chi connectivity index (χ4n) is 5.04. The lowest BCUT2D eigenvalue weighted by molar-refractivity contribution is 0.444. The minimum absolute atomic E-state index is 0.468. The number of aromatic nitrogens is 1. The van der Waals surface area contributed by atoms with Gasteiger partial charge in [-0.25, -0.2) is 0 Å². The average molecular weight is 406 g/mol. The van der Waals surface area contributed by atoms with Gasteiger partial charge in [-0.2, -0.15) is 0 Å². The summed E-state index contributed by atoms with van der Waals surface area (Å²) in [6.07, 6.45) is 8.78. The van der Waals surface area contributed by atoms with Gasteiger partial charge in [-0.1, -0.05) is 87.7 Å². The van der Waals surface area contributed by atoms with Crippen LogP contribution in [0.4, 0.5) is 0 Å². The van der Waals surface area contributed by atoms with Gasteiger partial charge in [0, 0.05) is 17.1 Å². The topological polar surface area (TPSA) is 12.9 Å². The first-order chi connectivity index (χ1) is 15.2. The summed E-state index contributed by atoms with van der Waals surface area (Å²) >= 11 is 0. The molecule has 0 N–H and O–H groups in total. The molecule has 0 unspecified atom stereocenters. The highest BCUT2D eigenvalue weighted by Crippen LogP contribution is 2.37. The molecule has 3 aromatic carbocycles. The monoisotopic (exact) mass is 405 g/mol. The molecular weight excluding hydrogens is 374 g/mol. The molecule has 1 aliphatic rings. The van der Waals surface area contributed by atoms with Crippen LogP contribution in [0.3, 0.4) is 0 Å². The van der Waals surface area contributed by atoms with Gasteiger partial charge in [0.25, 0.3) is 0 Å². The average Bonchev–Trinajstić information content (AvgIpc) is 2.84. The van der Waals surface area contributed by atoms with Crippen LogP contribution in [0.15, 0.2) is 79.0 Å². The zero-order valence-corrected chi connectivity index (χ0v) is 18.6. The van der Waals surface area contributed by atoms with E-state index in [1.54, 1.807) is 0 Å². The number of hydrogen-bond acceptors (Lipinski definition) is 1. The van der Waals surface area contributed by atoms with Crippen LogP contribution >= 0.6 is 0 Å². The fourth-order valence-corrected chi connectivity index (χ4v) is 5.04. The van der Waals surface area contributed by atoms with E-state index in [2.05, 4.69) is 86.6 Å². The highest BCUT2D eigenvalue weighted by Gasteiger charge is 2.17. The molecular formula is C30H31N. The Kier molecular flexibility index (Phi) is 5.59. The molecule has 1 aliphatic carbocycles. The summed E-state index contributed by atoms with van der Waals surface area (Å²) in [6, 6.07) is 26.9. The smallest absolute Gasteiger partial charge is 0.0780 e. The SMILES string of the molecule is CC(C)c1cc(-c2ccccc2)cc(-c2nccc3cc(C4CCCCC4)ccc23)c1. The molecule has 0 aliphatic heterocycles. The van der Waals surface area contributed by atoms with Crippen LogP contribution in [-0.4, -0.2) is 4.98 Å². The van der Waals surface area contributed by atoms with Crippen LogP contribution in [0.25, 0.3) is 33.2 Å². The normalized spacial score (nSPS) is 14.9. The molecule has 0 amide bonds. The number of rotatable bonds is 4. The summed E-state index contributed by atoms with van der Waals surface area (Å²) in [4.78, 5) is 4.85. The van der Waals surface area contributed by atoms with Gasteiger partial charge in [-0.3, -0.25) is 4.98 Å². The van der Waals surface area contributed by atoms with Crippen molar-refractivity contribution < 1.29 is 0 Å². The zero-order chi connectivity index (χ0) is 21.2. The number of pyridine rings is 1. The predicted octanol–water partition coefficient (Wildman–Crippen LogP) is 8.74. The van der Waals surface area contributed by atoms with E-state index in [-0.39, 0.29) is 0 Å². The summed E-state index contributed by atoms with van der Waals surface area (Å²) in [6.45, 7) is 4.53. The summed E-state index contributed by atoms with van der Waals surface area (Å²) in [7, 11) is 0. The molecule has 1 nitrogen and oxygen atoms in total. The van der Waals surface area contributed by atoms with Crippen LogP contribution < -0.4 is 0 Å². The van der Waals surface area contributed by atoms with Crippen molar-refractivity contribution >= 4 is 10.8 Å². The Morgan fingerprint density at radius 2 is 1.52 bits per heavy atom. The van der Waals surface area contributed by atoms with Crippen molar-refractivity contribution in [2.75, 3.05) is 0 Å². The van der Waals surface area contributed by atoms with Gasteiger partial charge in [-0.05, 0) is 70.5 Å². The molecule has 4 aromatic rings. The molecule has 156 valence electrons. The van der Waals surface area contributed by atoms with Crippen molar-refractivity contribution in [2.24, 2.45) is 0 Å². The molecule has 0 spiro atoms. The number of fused-ring (bicyclic) bond motifs is 1. The molecule has 5 rings (SSSR count). The third-order valence-corrected chi connectivity index (χ3v) is 6.87. The van der Waals surface area contributed by atoms with Gasteiger partial charge in [0.2, 0.25) is 0 Å². The molecule has 0 radical (unpaired) electrons. The van der Waals surface area contributed by atoms with E-state index in [4.69, 9.17) is 4.98 Å². The van der Waals surface area contributed by atoms with Crippen LogP contribution in [0.1, 0.15) is 68.9 Å². The first kappa shape index (κ1) is 20.0. The molecule has 31 heavy (non-hydrogen) atoms. The first-order valence-corrected chi connectivity index (χ1v) is 11.8. The zero-order valence-electron chi connectivity index (χ0n) is 18.6. The van der Waals surface area contributed by atoms with Crippen molar-refractivity contribution in [1.82, 2.24) is 4.98 Å². The summed E-state index contributed by atoms with van der Waals surface area (Å²) in [5, 5.41) is 2.56. The van der Waals surface area contributed by atoms with Crippen molar-refractivity contribution in [3.05, 3.63) is 90.1 Å². The molecule has 1 saturated carbocycles. The van der Waals surface area contributed by atoms with E-state index in [0.717, 1.165) is 11.6 Å². The molecule has 0 atom stereocenters. The first-order valence-electron chi connectivity index (χ1n) is 11.8. The quantitative estimate of drug-likeness (QED) is 0.331. The maximum Gasteiger partial charge on any atom is 0.0780 e. The van der Waals surface area contributed by atoms with Gasteiger partial charge in [-0.15, -0.1) is 0 Å². The maximum absolute atomic E-state index is 4.85. The van der Waals surface area contributed by atoms with Crippen molar-refractivity contribution in [2.45, 2.75) is 57.8 Å². The third-order valence-electron chi connectivity index (χ3n) is 6.87. The molecule has 1 fully saturated rings. The Balaban J connectivity index is 1.62. The van der Waals surface area contributed by atoms with Crippen LogP contribution in [0.2, 0.25) is 0 Å². The van der Waals surface area contributed by atoms with E-state index in [1.165, 1.54) is 70.7 Å². The van der Waals surface area contributed by atoms with Crippen LogP contribution in [-0.2, 0) is 0 Å². The summed E-state index contributed by atoms with van der Waals surface area (Å²) in [5.41, 5.74) is 7.68. The van der Waals surface area contributed by atoms with Crippen LogP contribution in [0.5, 0.6) is 0 Å². The van der Waals surface area contributed by atoms with Crippen molar-refractivity contribution in [3.63, 3.8) is 0 Å². The van der Waals surface area contributed by atoms with E-state index < -0.39 is 0 Å². The highest BCUT2D eigenvalue weighted by molar-refractivity contribution is 5.95. The molecule has 1 heterocycles. The summed E-state index contributed by atoms with van der Waals surface area (Å²) < 4.78 is 0. The van der Waals surface area contributed by atoms with E-state index >= 15 is 0 Å². The number of nitrogens with zero attached hydrogens (tertiary/aromatic N) is 1. The lowest BCUT2D eigenvalue weighted by Crippen LogP contribution is -2.04. The second-order valence-electron chi connectivity index (χ2n) is 9.34. The largest absolute Gasteiger partial charge is 0.256 e. The van der Waals surface area contributed by atoms with E-state index in [1.807, 2.05) is 6.20 Å². The lowest BCUT2D eigenvalue weighted by atomic mass is 9.83. The standard InChI is InChI=1S/C30H31N/c1-21(2)26-18-27(23-11-7-4-8-12-23)20-28(19-26)30-29-14-13-24(17-25(29)15-16-31-30)22-9-5-3-6-10-22/h4,7-8,11-22H,3,5-6,9-10H2,1-2H3. The minimum atomic E-state index is 0.468. The Bertz CT molecular complexity index is 1180. The lowest BCUT2D eigenvalue weighted by Gasteiger charge is -2.22. The Hall–Kier alpha value is -2.93. The molecule has 0 bridgehead atoms. The predicted molar refractivity (Wildman–Crippen MR) is 133 cm³/mol. The highest BCUT2D eigenvalue weighted by atomic mass is 14.7. The fraction of sp³-hybridized carbons (Fsp3) is 0.300. The van der Waals surface area contributed by atoms with E-state index in [9.17, 15) is 0 Å². The Morgan fingerprint density at radius 1 is 0.742 bits per heavy atom. The second-order valence-corrected chi connectivity index (χ2v) is 9.34.